The van der Waals surface area contributed by atoms with Gasteiger partial charge in [-0.25, -0.2) is 0 Å². The zero-order valence-electron chi connectivity index (χ0n) is 19.2. The van der Waals surface area contributed by atoms with Gasteiger partial charge < -0.3 is 24.4 Å². The maximum atomic E-state index is 12.7. The second kappa shape index (κ2) is 11.2. The largest absolute Gasteiger partial charge is 0.493 e. The van der Waals surface area contributed by atoms with Gasteiger partial charge in [0.1, 0.15) is 0 Å². The van der Waals surface area contributed by atoms with Crippen LogP contribution in [0, 0.1) is 17.8 Å². The third kappa shape index (κ3) is 5.72. The molecule has 2 aliphatic rings. The van der Waals surface area contributed by atoms with Gasteiger partial charge in [-0.05, 0) is 42.9 Å². The molecule has 3 atom stereocenters. The summed E-state index contributed by atoms with van der Waals surface area (Å²) in [4.78, 5) is 39.0. The highest BCUT2D eigenvalue weighted by Crippen LogP contribution is 2.31. The minimum absolute atomic E-state index is 0.00395. The summed E-state index contributed by atoms with van der Waals surface area (Å²) in [7, 11) is 4.60. The average molecular weight is 447 g/mol. The summed E-state index contributed by atoms with van der Waals surface area (Å²) in [5.41, 5.74) is 1.04. The molecule has 0 radical (unpaired) electrons. The summed E-state index contributed by atoms with van der Waals surface area (Å²) in [5, 5.41) is 2.99. The Morgan fingerprint density at radius 2 is 1.84 bits per heavy atom. The number of esters is 1. The molecule has 0 bridgehead atoms. The minimum Gasteiger partial charge on any atom is -0.493 e. The lowest BCUT2D eigenvalue weighted by Crippen LogP contribution is -2.40. The van der Waals surface area contributed by atoms with Crippen molar-refractivity contribution in [3.63, 3.8) is 0 Å². The van der Waals surface area contributed by atoms with Crippen LogP contribution in [0.3, 0.4) is 0 Å². The van der Waals surface area contributed by atoms with Crippen LogP contribution in [0.4, 0.5) is 0 Å². The zero-order chi connectivity index (χ0) is 23.1. The summed E-state index contributed by atoms with van der Waals surface area (Å²) in [6.07, 6.45) is 4.67. The van der Waals surface area contributed by atoms with Crippen LogP contribution in [0.5, 0.6) is 11.5 Å². The fraction of sp³-hybridized carbons (Fsp3) is 0.625. The number of nitrogens with one attached hydrogen (secondary N) is 1. The molecule has 176 valence electrons. The highest BCUT2D eigenvalue weighted by atomic mass is 16.5. The minimum atomic E-state index is -0.354. The molecule has 1 aromatic carbocycles. The van der Waals surface area contributed by atoms with Gasteiger partial charge in [-0.15, -0.1) is 0 Å². The fourth-order valence-corrected chi connectivity index (χ4v) is 4.75. The first-order valence-electron chi connectivity index (χ1n) is 11.3. The maximum absolute atomic E-state index is 12.7. The molecule has 2 fully saturated rings. The third-order valence-electron chi connectivity index (χ3n) is 6.66. The van der Waals surface area contributed by atoms with E-state index >= 15 is 0 Å². The topological polar surface area (TPSA) is 94.2 Å². The molecule has 1 N–H and O–H groups in total. The molecule has 32 heavy (non-hydrogen) atoms. The molecule has 2 amide bonds. The Morgan fingerprint density at radius 1 is 1.09 bits per heavy atom. The van der Waals surface area contributed by atoms with E-state index in [1.807, 2.05) is 18.2 Å². The molecule has 3 unspecified atom stereocenters. The third-order valence-corrected chi connectivity index (χ3v) is 6.66. The van der Waals surface area contributed by atoms with Gasteiger partial charge in [0.25, 0.3) is 0 Å². The Morgan fingerprint density at radius 3 is 2.56 bits per heavy atom. The maximum Gasteiger partial charge on any atom is 0.309 e. The van der Waals surface area contributed by atoms with Crippen molar-refractivity contribution in [3.05, 3.63) is 23.8 Å². The van der Waals surface area contributed by atoms with Crippen molar-refractivity contribution < 1.29 is 28.6 Å². The summed E-state index contributed by atoms with van der Waals surface area (Å²) in [6, 6.07) is 5.71. The normalized spacial score (nSPS) is 23.0. The fourth-order valence-electron chi connectivity index (χ4n) is 4.75. The predicted molar refractivity (Wildman–Crippen MR) is 118 cm³/mol. The summed E-state index contributed by atoms with van der Waals surface area (Å²) in [5.74, 6) is 0.600. The van der Waals surface area contributed by atoms with Gasteiger partial charge >= 0.3 is 5.97 Å². The van der Waals surface area contributed by atoms with Crippen LogP contribution in [-0.4, -0.2) is 63.6 Å². The van der Waals surface area contributed by atoms with E-state index in [-0.39, 0.29) is 42.0 Å². The van der Waals surface area contributed by atoms with Crippen LogP contribution in [0.25, 0.3) is 0 Å². The molecule has 1 saturated carbocycles. The highest BCUT2D eigenvalue weighted by molar-refractivity contribution is 5.89. The van der Waals surface area contributed by atoms with Gasteiger partial charge in [0.05, 0.1) is 33.2 Å². The molecule has 8 heteroatoms. The Bertz CT molecular complexity index is 827. The number of nitrogens with zero attached hydrogens (tertiary/aromatic N) is 1. The molecule has 8 nitrogen and oxygen atoms in total. The van der Waals surface area contributed by atoms with Crippen molar-refractivity contribution in [2.45, 2.75) is 38.5 Å². The number of likely N-dealkylation sites (tertiary alicyclic amines) is 1. The highest BCUT2D eigenvalue weighted by Gasteiger charge is 2.36. The first-order valence-corrected chi connectivity index (χ1v) is 11.3. The van der Waals surface area contributed by atoms with Gasteiger partial charge in [0.2, 0.25) is 11.8 Å². The van der Waals surface area contributed by atoms with Gasteiger partial charge in [0, 0.05) is 26.1 Å². The summed E-state index contributed by atoms with van der Waals surface area (Å²) < 4.78 is 15.5. The molecule has 3 rings (SSSR count). The van der Waals surface area contributed by atoms with Gasteiger partial charge in [0.15, 0.2) is 11.5 Å². The van der Waals surface area contributed by atoms with Crippen LogP contribution in [0.2, 0.25) is 0 Å². The van der Waals surface area contributed by atoms with Crippen LogP contribution >= 0.6 is 0 Å². The number of methoxy groups -OCH3 is 3. The Labute approximate surface area is 189 Å². The molecule has 1 heterocycles. The zero-order valence-corrected chi connectivity index (χ0v) is 19.2. The number of hydrogen-bond donors (Lipinski definition) is 1. The van der Waals surface area contributed by atoms with E-state index in [1.165, 1.54) is 7.11 Å². The lowest BCUT2D eigenvalue weighted by molar-refractivity contribution is -0.149. The predicted octanol–water partition coefficient (Wildman–Crippen LogP) is 2.19. The van der Waals surface area contributed by atoms with Crippen molar-refractivity contribution in [1.82, 2.24) is 10.2 Å². The Hall–Kier alpha value is -2.77. The molecular formula is C24H34N2O6. The standard InChI is InChI=1S/C24H34N2O6/c1-30-20-9-8-16(12-21(20)31-2)10-11-26-15-18(13-22(26)27)23(28)25-14-17-6-4-5-7-19(17)24(29)32-3/h8-9,12,17-19H,4-7,10-11,13-15H2,1-3H3,(H,25,28). The first kappa shape index (κ1) is 23.9. The molecule has 0 spiro atoms. The van der Waals surface area contributed by atoms with E-state index in [0.29, 0.717) is 37.6 Å². The monoisotopic (exact) mass is 446 g/mol. The SMILES string of the molecule is COC(=O)C1CCCCC1CNC(=O)C1CC(=O)N(CCc2ccc(OC)c(OC)c2)C1. The summed E-state index contributed by atoms with van der Waals surface area (Å²) in [6.45, 7) is 1.42. The number of hydrogen-bond acceptors (Lipinski definition) is 6. The van der Waals surface area contributed by atoms with Crippen molar-refractivity contribution in [1.29, 1.82) is 0 Å². The van der Waals surface area contributed by atoms with E-state index in [0.717, 1.165) is 31.2 Å². The average Bonchev–Trinajstić information content (AvgIpc) is 3.21. The number of benzene rings is 1. The van der Waals surface area contributed by atoms with Crippen LogP contribution in [0.1, 0.15) is 37.7 Å². The lowest BCUT2D eigenvalue weighted by Gasteiger charge is -2.29. The van der Waals surface area contributed by atoms with E-state index in [9.17, 15) is 14.4 Å². The van der Waals surface area contributed by atoms with Crippen molar-refractivity contribution in [2.24, 2.45) is 17.8 Å². The number of carbonyl (C=O) groups is 3. The second-order valence-electron chi connectivity index (χ2n) is 8.60. The van der Waals surface area contributed by atoms with E-state index in [1.54, 1.807) is 19.1 Å². The van der Waals surface area contributed by atoms with E-state index in [4.69, 9.17) is 14.2 Å². The van der Waals surface area contributed by atoms with E-state index in [2.05, 4.69) is 5.32 Å². The van der Waals surface area contributed by atoms with Crippen LogP contribution in [0.15, 0.2) is 18.2 Å². The molecule has 0 aromatic heterocycles. The molecule has 1 aliphatic heterocycles. The van der Waals surface area contributed by atoms with Gasteiger partial charge in [-0.1, -0.05) is 18.9 Å². The van der Waals surface area contributed by atoms with Gasteiger partial charge in [-0.3, -0.25) is 14.4 Å². The van der Waals surface area contributed by atoms with Crippen molar-refractivity contribution >= 4 is 17.8 Å². The molecular weight excluding hydrogens is 412 g/mol. The lowest BCUT2D eigenvalue weighted by atomic mass is 9.79. The first-order chi connectivity index (χ1) is 15.5. The van der Waals surface area contributed by atoms with Crippen LogP contribution < -0.4 is 14.8 Å². The molecule has 1 aliphatic carbocycles. The van der Waals surface area contributed by atoms with Crippen LogP contribution in [-0.2, 0) is 25.5 Å². The van der Waals surface area contributed by atoms with Crippen molar-refractivity contribution in [3.8, 4) is 11.5 Å². The molecule has 1 saturated heterocycles. The number of amides is 2. The summed E-state index contributed by atoms with van der Waals surface area (Å²) >= 11 is 0. The van der Waals surface area contributed by atoms with Gasteiger partial charge in [-0.2, -0.15) is 0 Å². The number of carbonyl (C=O) groups excluding carboxylic acids is 3. The van der Waals surface area contributed by atoms with Crippen molar-refractivity contribution in [2.75, 3.05) is 41.0 Å². The Balaban J connectivity index is 1.49. The number of ether oxygens (including phenoxy) is 3. The molecule has 1 aromatic rings. The smallest absolute Gasteiger partial charge is 0.309 e. The van der Waals surface area contributed by atoms with E-state index < -0.39 is 0 Å². The number of rotatable bonds is 9. The second-order valence-corrected chi connectivity index (χ2v) is 8.60. The quantitative estimate of drug-likeness (QED) is 0.585. The Kier molecular flexibility index (Phi) is 8.36.